The van der Waals surface area contributed by atoms with Gasteiger partial charge in [-0.1, -0.05) is 17.7 Å². The molecule has 0 fully saturated rings. The number of aromatic nitrogens is 2. The van der Waals surface area contributed by atoms with Crippen LogP contribution in [0.4, 0.5) is 5.69 Å². The first-order valence-corrected chi connectivity index (χ1v) is 6.59. The average molecular weight is 290 g/mol. The number of rotatable bonds is 2. The van der Waals surface area contributed by atoms with Crippen molar-refractivity contribution in [2.75, 3.05) is 0 Å². The Balaban J connectivity index is 2.02. The Hall–Kier alpha value is -1.98. The van der Waals surface area contributed by atoms with Gasteiger partial charge in [-0.2, -0.15) is 8.75 Å². The van der Waals surface area contributed by atoms with Crippen LogP contribution in [-0.4, -0.2) is 20.1 Å². The summed E-state index contributed by atoms with van der Waals surface area (Å²) in [4.78, 5) is 4.34. The molecule has 0 aliphatic heterocycles. The average Bonchev–Trinajstić information content (AvgIpc) is 2.88. The van der Waals surface area contributed by atoms with Gasteiger partial charge in [-0.25, -0.2) is 0 Å². The summed E-state index contributed by atoms with van der Waals surface area (Å²) in [5.41, 5.74) is 2.85. The molecule has 0 saturated heterocycles. The van der Waals surface area contributed by atoms with E-state index < -0.39 is 0 Å². The topological polar surface area (TPSA) is 58.4 Å². The number of phenolic OH excluding ortho intramolecular Hbond substituents is 1. The quantitative estimate of drug-likeness (QED) is 0.730. The molecule has 0 bridgehead atoms. The van der Waals surface area contributed by atoms with E-state index in [1.165, 1.54) is 6.07 Å². The minimum absolute atomic E-state index is 0.136. The Bertz CT molecular complexity index is 769. The molecule has 0 amide bonds. The predicted octanol–water partition coefficient (Wildman–Crippen LogP) is 3.80. The Morgan fingerprint density at radius 1 is 1.21 bits per heavy atom. The van der Waals surface area contributed by atoms with Gasteiger partial charge in [0.15, 0.2) is 0 Å². The van der Waals surface area contributed by atoms with E-state index in [1.807, 2.05) is 18.2 Å². The predicted molar refractivity (Wildman–Crippen MR) is 77.8 cm³/mol. The molecule has 0 unspecified atom stereocenters. The third-order valence-electron chi connectivity index (χ3n) is 2.60. The number of hydrogen-bond donors (Lipinski definition) is 1. The number of aliphatic imine (C=N–C) groups is 1. The number of benzene rings is 2. The number of fused-ring (bicyclic) bond motifs is 1. The van der Waals surface area contributed by atoms with Gasteiger partial charge in [0, 0.05) is 16.8 Å². The van der Waals surface area contributed by atoms with Gasteiger partial charge in [-0.15, -0.1) is 0 Å². The van der Waals surface area contributed by atoms with Gasteiger partial charge in [0.25, 0.3) is 0 Å². The highest BCUT2D eigenvalue weighted by atomic mass is 35.5. The van der Waals surface area contributed by atoms with Crippen molar-refractivity contribution in [3.05, 3.63) is 47.0 Å². The maximum Gasteiger partial charge on any atom is 0.130 e. The highest BCUT2D eigenvalue weighted by Gasteiger charge is 2.04. The van der Waals surface area contributed by atoms with Crippen molar-refractivity contribution in [3.8, 4) is 5.75 Å². The van der Waals surface area contributed by atoms with Crippen molar-refractivity contribution in [2.24, 2.45) is 4.99 Å². The minimum atomic E-state index is 0.136. The molecule has 1 aromatic heterocycles. The van der Waals surface area contributed by atoms with Crippen LogP contribution in [-0.2, 0) is 0 Å². The smallest absolute Gasteiger partial charge is 0.130 e. The van der Waals surface area contributed by atoms with E-state index in [0.29, 0.717) is 16.3 Å². The third-order valence-corrected chi connectivity index (χ3v) is 3.37. The second kappa shape index (κ2) is 4.95. The van der Waals surface area contributed by atoms with Gasteiger partial charge < -0.3 is 5.11 Å². The van der Waals surface area contributed by atoms with Gasteiger partial charge in [-0.05, 0) is 30.3 Å². The fraction of sp³-hybridized carbons (Fsp3) is 0. The molecule has 0 radical (unpaired) electrons. The summed E-state index contributed by atoms with van der Waals surface area (Å²) in [6, 6.07) is 10.4. The largest absolute Gasteiger partial charge is 0.507 e. The van der Waals surface area contributed by atoms with Crippen molar-refractivity contribution in [1.29, 1.82) is 0 Å². The first-order valence-electron chi connectivity index (χ1n) is 5.48. The fourth-order valence-corrected chi connectivity index (χ4v) is 2.39. The van der Waals surface area contributed by atoms with Crippen molar-refractivity contribution in [2.45, 2.75) is 0 Å². The van der Waals surface area contributed by atoms with Crippen LogP contribution >= 0.6 is 23.3 Å². The van der Waals surface area contributed by atoms with E-state index in [1.54, 1.807) is 18.3 Å². The molecular weight excluding hydrogens is 282 g/mol. The third kappa shape index (κ3) is 2.43. The van der Waals surface area contributed by atoms with Crippen molar-refractivity contribution >= 4 is 46.3 Å². The van der Waals surface area contributed by atoms with E-state index in [2.05, 4.69) is 13.7 Å². The summed E-state index contributed by atoms with van der Waals surface area (Å²) in [7, 11) is 0. The molecule has 0 spiro atoms. The first kappa shape index (κ1) is 12.1. The van der Waals surface area contributed by atoms with E-state index in [4.69, 9.17) is 11.6 Å². The van der Waals surface area contributed by atoms with Gasteiger partial charge >= 0.3 is 0 Å². The van der Waals surface area contributed by atoms with Crippen LogP contribution in [0.2, 0.25) is 5.02 Å². The van der Waals surface area contributed by atoms with Gasteiger partial charge in [0.1, 0.15) is 16.8 Å². The van der Waals surface area contributed by atoms with Gasteiger partial charge in [0.05, 0.1) is 17.4 Å². The molecule has 3 aromatic rings. The highest BCUT2D eigenvalue weighted by molar-refractivity contribution is 7.00. The van der Waals surface area contributed by atoms with Gasteiger partial charge in [0.2, 0.25) is 0 Å². The number of hydrogen-bond acceptors (Lipinski definition) is 5. The molecule has 1 heterocycles. The molecule has 19 heavy (non-hydrogen) atoms. The van der Waals surface area contributed by atoms with Crippen molar-refractivity contribution in [3.63, 3.8) is 0 Å². The summed E-state index contributed by atoms with van der Waals surface area (Å²) in [6.07, 6.45) is 1.56. The first-order chi connectivity index (χ1) is 9.24. The summed E-state index contributed by atoms with van der Waals surface area (Å²) < 4.78 is 8.35. The highest BCUT2D eigenvalue weighted by Crippen LogP contribution is 2.25. The summed E-state index contributed by atoms with van der Waals surface area (Å²) >= 11 is 7.03. The molecule has 2 aromatic carbocycles. The Morgan fingerprint density at radius 2 is 2.11 bits per heavy atom. The standard InChI is InChI=1S/C13H8ClN3OS/c14-9-4-5-12(18)8(6-9)7-15-10-2-1-3-11-13(10)17-19-16-11/h1-7,18H. The molecule has 4 nitrogen and oxygen atoms in total. The monoisotopic (exact) mass is 289 g/mol. The van der Waals surface area contributed by atoms with E-state index in [9.17, 15) is 5.11 Å². The summed E-state index contributed by atoms with van der Waals surface area (Å²) in [6.45, 7) is 0. The second-order valence-electron chi connectivity index (χ2n) is 3.87. The number of halogens is 1. The lowest BCUT2D eigenvalue weighted by atomic mass is 10.2. The van der Waals surface area contributed by atoms with E-state index in [0.717, 1.165) is 22.8 Å². The van der Waals surface area contributed by atoms with E-state index in [-0.39, 0.29) is 5.75 Å². The van der Waals surface area contributed by atoms with Crippen LogP contribution < -0.4 is 0 Å². The maximum absolute atomic E-state index is 9.71. The molecule has 94 valence electrons. The van der Waals surface area contributed by atoms with Crippen molar-refractivity contribution in [1.82, 2.24) is 8.75 Å². The van der Waals surface area contributed by atoms with Crippen LogP contribution in [0.5, 0.6) is 5.75 Å². The van der Waals surface area contributed by atoms with Crippen LogP contribution in [0, 0.1) is 0 Å². The number of phenols is 1. The molecule has 1 N–H and O–H groups in total. The zero-order valence-electron chi connectivity index (χ0n) is 9.62. The Kier molecular flexibility index (Phi) is 3.15. The minimum Gasteiger partial charge on any atom is -0.507 e. The van der Waals surface area contributed by atoms with Crippen LogP contribution in [0.15, 0.2) is 41.4 Å². The lowest BCUT2D eigenvalue weighted by Gasteiger charge is -1.99. The van der Waals surface area contributed by atoms with E-state index >= 15 is 0 Å². The zero-order chi connectivity index (χ0) is 13.2. The molecule has 3 rings (SSSR count). The molecule has 0 aliphatic rings. The lowest BCUT2D eigenvalue weighted by Crippen LogP contribution is -1.82. The van der Waals surface area contributed by atoms with Crippen molar-refractivity contribution < 1.29 is 5.11 Å². The molecule has 0 saturated carbocycles. The fourth-order valence-electron chi connectivity index (χ4n) is 1.66. The Labute approximate surface area is 118 Å². The van der Waals surface area contributed by atoms with Crippen LogP contribution in [0.1, 0.15) is 5.56 Å². The molecule has 6 heteroatoms. The second-order valence-corrected chi connectivity index (χ2v) is 4.84. The SMILES string of the molecule is Oc1ccc(Cl)cc1C=Nc1cccc2nsnc12. The Morgan fingerprint density at radius 3 is 3.00 bits per heavy atom. The van der Waals surface area contributed by atoms with Gasteiger partial charge in [-0.3, -0.25) is 4.99 Å². The molecule has 0 aliphatic carbocycles. The summed E-state index contributed by atoms with van der Waals surface area (Å²) in [5, 5.41) is 10.3. The van der Waals surface area contributed by atoms with Crippen LogP contribution in [0.3, 0.4) is 0 Å². The number of nitrogens with zero attached hydrogens (tertiary/aromatic N) is 3. The lowest BCUT2D eigenvalue weighted by molar-refractivity contribution is 0.474. The zero-order valence-corrected chi connectivity index (χ0v) is 11.2. The summed E-state index contributed by atoms with van der Waals surface area (Å²) in [5.74, 6) is 0.136. The number of aromatic hydroxyl groups is 1. The molecular formula is C13H8ClN3OS. The maximum atomic E-state index is 9.71. The molecule has 0 atom stereocenters. The van der Waals surface area contributed by atoms with Crippen LogP contribution in [0.25, 0.3) is 11.0 Å². The normalized spacial score (nSPS) is 11.4.